The van der Waals surface area contributed by atoms with E-state index in [1.807, 2.05) is 0 Å². The van der Waals surface area contributed by atoms with Crippen LogP contribution in [-0.2, 0) is 4.79 Å². The van der Waals surface area contributed by atoms with E-state index in [4.69, 9.17) is 9.15 Å². The molecule has 3 rings (SSSR count). The third-order valence-corrected chi connectivity index (χ3v) is 5.02. The molecule has 1 aromatic heterocycles. The molecule has 1 heterocycles. The van der Waals surface area contributed by atoms with Gasteiger partial charge in [-0.05, 0) is 36.5 Å². The largest absolute Gasteiger partial charge is 0.484 e. The Kier molecular flexibility index (Phi) is 4.88. The van der Waals surface area contributed by atoms with Crippen LogP contribution in [0.25, 0.3) is 11.0 Å². The van der Waals surface area contributed by atoms with Crippen LogP contribution in [0.5, 0.6) is 5.75 Å². The lowest BCUT2D eigenvalue weighted by Gasteiger charge is -2.34. The minimum atomic E-state index is -0.405. The molecule has 1 aromatic carbocycles. The van der Waals surface area contributed by atoms with Crippen LogP contribution in [0.1, 0.15) is 33.1 Å². The first-order chi connectivity index (χ1) is 11.5. The van der Waals surface area contributed by atoms with Crippen LogP contribution < -0.4 is 15.7 Å². The predicted octanol–water partition coefficient (Wildman–Crippen LogP) is 3.11. The Balaban J connectivity index is 1.59. The van der Waals surface area contributed by atoms with Gasteiger partial charge in [0.2, 0.25) is 0 Å². The summed E-state index contributed by atoms with van der Waals surface area (Å²) in [7, 11) is 0. The maximum atomic E-state index is 12.1. The molecule has 1 fully saturated rings. The van der Waals surface area contributed by atoms with Crippen LogP contribution in [0.4, 0.5) is 0 Å². The van der Waals surface area contributed by atoms with Crippen LogP contribution in [0.2, 0.25) is 0 Å². The van der Waals surface area contributed by atoms with E-state index in [0.717, 1.165) is 18.2 Å². The summed E-state index contributed by atoms with van der Waals surface area (Å²) >= 11 is 0. The summed E-state index contributed by atoms with van der Waals surface area (Å²) in [5.74, 6) is 1.51. The molecular formula is C19H23NO4. The fourth-order valence-electron chi connectivity index (χ4n) is 3.31. The first-order valence-corrected chi connectivity index (χ1v) is 8.49. The fraction of sp³-hybridized carbons (Fsp3) is 0.474. The number of hydrogen-bond donors (Lipinski definition) is 1. The van der Waals surface area contributed by atoms with Crippen molar-refractivity contribution < 1.29 is 13.9 Å². The molecule has 0 radical (unpaired) electrons. The standard InChI is InChI=1S/C19H23NO4/c1-12-4-3-5-16(13(12)2)20-18(21)11-23-15-8-6-14-7-9-19(22)24-17(14)10-15/h6-10,12-13,16H,3-5,11H2,1-2H3,(H,20,21)/t12-,13-,16-/m1/s1. The number of amides is 1. The van der Waals surface area contributed by atoms with E-state index in [1.54, 1.807) is 24.3 Å². The van der Waals surface area contributed by atoms with Gasteiger partial charge in [-0.3, -0.25) is 4.79 Å². The number of ether oxygens (including phenoxy) is 1. The SMILES string of the molecule is C[C@@H]1[C@H](C)CCC[C@H]1NC(=O)COc1ccc2ccc(=O)oc2c1. The minimum absolute atomic E-state index is 0.0415. The van der Waals surface area contributed by atoms with Crippen molar-refractivity contribution >= 4 is 16.9 Å². The minimum Gasteiger partial charge on any atom is -0.484 e. The van der Waals surface area contributed by atoms with Gasteiger partial charge in [-0.2, -0.15) is 0 Å². The molecule has 2 aromatic rings. The third-order valence-electron chi connectivity index (χ3n) is 5.02. The van der Waals surface area contributed by atoms with Gasteiger partial charge in [-0.25, -0.2) is 4.79 Å². The fourth-order valence-corrected chi connectivity index (χ4v) is 3.31. The first-order valence-electron chi connectivity index (χ1n) is 8.49. The summed E-state index contributed by atoms with van der Waals surface area (Å²) in [5.41, 5.74) is 0.0490. The van der Waals surface area contributed by atoms with Gasteiger partial charge in [-0.15, -0.1) is 0 Å². The Morgan fingerprint density at radius 2 is 2.04 bits per heavy atom. The lowest BCUT2D eigenvalue weighted by atomic mass is 9.78. The van der Waals surface area contributed by atoms with Gasteiger partial charge in [0.1, 0.15) is 11.3 Å². The van der Waals surface area contributed by atoms with Crippen molar-refractivity contribution in [2.45, 2.75) is 39.2 Å². The summed E-state index contributed by atoms with van der Waals surface area (Å²) in [6.45, 7) is 4.39. The summed E-state index contributed by atoms with van der Waals surface area (Å²) < 4.78 is 10.7. The number of rotatable bonds is 4. The summed E-state index contributed by atoms with van der Waals surface area (Å²) in [4.78, 5) is 23.4. The molecule has 0 bridgehead atoms. The van der Waals surface area contributed by atoms with E-state index in [1.165, 1.54) is 12.5 Å². The Morgan fingerprint density at radius 3 is 2.88 bits per heavy atom. The number of fused-ring (bicyclic) bond motifs is 1. The molecule has 1 saturated carbocycles. The molecule has 1 amide bonds. The van der Waals surface area contributed by atoms with Gasteiger partial charge in [-0.1, -0.05) is 26.7 Å². The van der Waals surface area contributed by atoms with Crippen molar-refractivity contribution in [2.24, 2.45) is 11.8 Å². The highest BCUT2D eigenvalue weighted by Gasteiger charge is 2.28. The Bertz CT molecular complexity index is 782. The van der Waals surface area contributed by atoms with Crippen LogP contribution >= 0.6 is 0 Å². The highest BCUT2D eigenvalue weighted by atomic mass is 16.5. The van der Waals surface area contributed by atoms with E-state index in [-0.39, 0.29) is 18.6 Å². The third kappa shape index (κ3) is 3.78. The van der Waals surface area contributed by atoms with E-state index < -0.39 is 5.63 Å². The van der Waals surface area contributed by atoms with Crippen LogP contribution in [0, 0.1) is 11.8 Å². The molecule has 1 aliphatic rings. The Morgan fingerprint density at radius 1 is 1.25 bits per heavy atom. The molecule has 128 valence electrons. The molecule has 0 aliphatic heterocycles. The van der Waals surface area contributed by atoms with Crippen molar-refractivity contribution in [3.05, 3.63) is 40.8 Å². The van der Waals surface area contributed by atoms with Crippen LogP contribution in [-0.4, -0.2) is 18.6 Å². The van der Waals surface area contributed by atoms with Crippen molar-refractivity contribution in [3.8, 4) is 5.75 Å². The average molecular weight is 329 g/mol. The molecule has 0 saturated heterocycles. The van der Waals surface area contributed by atoms with Crippen LogP contribution in [0.15, 0.2) is 39.5 Å². The number of carbonyl (C=O) groups excluding carboxylic acids is 1. The van der Waals surface area contributed by atoms with Gasteiger partial charge in [0, 0.05) is 23.6 Å². The monoisotopic (exact) mass is 329 g/mol. The Labute approximate surface area is 141 Å². The second-order valence-corrected chi connectivity index (χ2v) is 6.68. The second-order valence-electron chi connectivity index (χ2n) is 6.68. The summed E-state index contributed by atoms with van der Waals surface area (Å²) in [6.07, 6.45) is 3.41. The summed E-state index contributed by atoms with van der Waals surface area (Å²) in [6, 6.07) is 8.50. The average Bonchev–Trinajstić information content (AvgIpc) is 2.57. The molecule has 24 heavy (non-hydrogen) atoms. The lowest BCUT2D eigenvalue weighted by Crippen LogP contribution is -2.45. The van der Waals surface area contributed by atoms with Crippen LogP contribution in [0.3, 0.4) is 0 Å². The van der Waals surface area contributed by atoms with E-state index in [9.17, 15) is 9.59 Å². The summed E-state index contributed by atoms with van der Waals surface area (Å²) in [5, 5.41) is 3.89. The normalized spacial score (nSPS) is 23.8. The molecular weight excluding hydrogens is 306 g/mol. The maximum Gasteiger partial charge on any atom is 0.336 e. The highest BCUT2D eigenvalue weighted by Crippen LogP contribution is 2.29. The smallest absolute Gasteiger partial charge is 0.336 e. The number of benzene rings is 1. The zero-order valence-electron chi connectivity index (χ0n) is 14.1. The highest BCUT2D eigenvalue weighted by molar-refractivity contribution is 5.79. The first kappa shape index (κ1) is 16.6. The van der Waals surface area contributed by atoms with Gasteiger partial charge in [0.25, 0.3) is 5.91 Å². The van der Waals surface area contributed by atoms with E-state index in [0.29, 0.717) is 23.2 Å². The molecule has 3 atom stereocenters. The van der Waals surface area contributed by atoms with Crippen molar-refractivity contribution in [3.63, 3.8) is 0 Å². The van der Waals surface area contributed by atoms with Crippen molar-refractivity contribution in [1.82, 2.24) is 5.32 Å². The topological polar surface area (TPSA) is 68.5 Å². The van der Waals surface area contributed by atoms with Crippen molar-refractivity contribution in [2.75, 3.05) is 6.61 Å². The van der Waals surface area contributed by atoms with E-state index >= 15 is 0 Å². The zero-order chi connectivity index (χ0) is 17.1. The second kappa shape index (κ2) is 7.07. The van der Waals surface area contributed by atoms with Crippen molar-refractivity contribution in [1.29, 1.82) is 0 Å². The maximum absolute atomic E-state index is 12.1. The van der Waals surface area contributed by atoms with Gasteiger partial charge < -0.3 is 14.5 Å². The zero-order valence-corrected chi connectivity index (χ0v) is 14.1. The van der Waals surface area contributed by atoms with Gasteiger partial charge in [0.15, 0.2) is 6.61 Å². The molecule has 5 nitrogen and oxygen atoms in total. The molecule has 0 spiro atoms. The number of carbonyl (C=O) groups is 1. The van der Waals surface area contributed by atoms with E-state index in [2.05, 4.69) is 19.2 Å². The predicted molar refractivity (Wildman–Crippen MR) is 92.1 cm³/mol. The van der Waals surface area contributed by atoms with Gasteiger partial charge >= 0.3 is 5.63 Å². The van der Waals surface area contributed by atoms with Gasteiger partial charge in [0.05, 0.1) is 0 Å². The lowest BCUT2D eigenvalue weighted by molar-refractivity contribution is -0.124. The molecule has 1 aliphatic carbocycles. The molecule has 1 N–H and O–H groups in total. The molecule has 0 unspecified atom stereocenters. The quantitative estimate of drug-likeness (QED) is 0.875. The molecule has 5 heteroatoms. The number of nitrogens with one attached hydrogen (secondary N) is 1. The number of hydrogen-bond acceptors (Lipinski definition) is 4. The Hall–Kier alpha value is -2.30.